The first-order chi connectivity index (χ1) is 17.4. The van der Waals surface area contributed by atoms with Crippen molar-refractivity contribution >= 4 is 51.2 Å². The van der Waals surface area contributed by atoms with Gasteiger partial charge in [-0.05, 0) is 55.0 Å². The van der Waals surface area contributed by atoms with Gasteiger partial charge in [-0.15, -0.1) is 5.10 Å². The number of allylic oxidation sites excluding steroid dienone is 1. The van der Waals surface area contributed by atoms with Gasteiger partial charge in [0.25, 0.3) is 0 Å². The summed E-state index contributed by atoms with van der Waals surface area (Å²) in [6.45, 7) is 6.67. The van der Waals surface area contributed by atoms with E-state index in [-0.39, 0.29) is 5.97 Å². The highest BCUT2D eigenvalue weighted by Crippen LogP contribution is 2.41. The molecule has 2 aromatic carbocycles. The summed E-state index contributed by atoms with van der Waals surface area (Å²) >= 11 is 11.2. The number of anilines is 1. The maximum Gasteiger partial charge on any atom is 0.338 e. The molecule has 190 valence electrons. The van der Waals surface area contributed by atoms with Gasteiger partial charge in [-0.3, -0.25) is 0 Å². The first-order valence-electron chi connectivity index (χ1n) is 11.8. The van der Waals surface area contributed by atoms with Gasteiger partial charge < -0.3 is 14.8 Å². The Balaban J connectivity index is 1.76. The lowest BCUT2D eigenvalue weighted by Gasteiger charge is -2.29. The summed E-state index contributed by atoms with van der Waals surface area (Å²) in [6, 6.07) is 12.7. The van der Waals surface area contributed by atoms with E-state index in [1.54, 1.807) is 16.4 Å². The number of fused-ring (bicyclic) bond motifs is 1. The number of benzene rings is 2. The summed E-state index contributed by atoms with van der Waals surface area (Å²) in [5, 5.41) is 9.29. The molecule has 0 amide bonds. The average Bonchev–Trinajstić information content (AvgIpc) is 3.25. The van der Waals surface area contributed by atoms with Gasteiger partial charge in [0.05, 0.1) is 12.2 Å². The van der Waals surface area contributed by atoms with E-state index in [0.717, 1.165) is 34.2 Å². The molecule has 0 bridgehead atoms. The molecule has 4 rings (SSSR count). The van der Waals surface area contributed by atoms with Crippen LogP contribution < -0.4 is 10.1 Å². The fraction of sp³-hybridized carbons (Fsp3) is 0.346. The molecule has 0 saturated heterocycles. The Morgan fingerprint density at radius 2 is 2.00 bits per heavy atom. The van der Waals surface area contributed by atoms with Gasteiger partial charge in [0.2, 0.25) is 11.1 Å². The molecule has 1 N–H and O–H groups in total. The van der Waals surface area contributed by atoms with Crippen LogP contribution in [0.3, 0.4) is 0 Å². The minimum atomic E-state index is -0.577. The van der Waals surface area contributed by atoms with E-state index in [9.17, 15) is 4.79 Å². The van der Waals surface area contributed by atoms with Crippen LogP contribution in [0.4, 0.5) is 5.95 Å². The number of nitrogens with one attached hydrogen (secondary N) is 1. The molecule has 0 spiro atoms. The van der Waals surface area contributed by atoms with Crippen LogP contribution >= 0.6 is 39.3 Å². The summed E-state index contributed by atoms with van der Waals surface area (Å²) in [5.74, 6) is 1.66. The molecule has 0 saturated carbocycles. The molecule has 36 heavy (non-hydrogen) atoms. The number of thioether (sulfide) groups is 1. The largest absolute Gasteiger partial charge is 0.489 e. The zero-order chi connectivity index (χ0) is 25.7. The van der Waals surface area contributed by atoms with Crippen LogP contribution in [0.2, 0.25) is 5.02 Å². The third kappa shape index (κ3) is 6.07. The molecule has 1 atom stereocenters. The molecule has 3 aromatic rings. The van der Waals surface area contributed by atoms with Crippen LogP contribution in [0.1, 0.15) is 50.8 Å². The molecule has 1 aromatic heterocycles. The zero-order valence-corrected chi connectivity index (χ0v) is 23.5. The van der Waals surface area contributed by atoms with Crippen molar-refractivity contribution in [2.75, 3.05) is 17.7 Å². The third-order valence-corrected chi connectivity index (χ3v) is 7.10. The van der Waals surface area contributed by atoms with E-state index in [1.165, 1.54) is 0 Å². The summed E-state index contributed by atoms with van der Waals surface area (Å²) in [4.78, 5) is 18.0. The Kier molecular flexibility index (Phi) is 8.98. The van der Waals surface area contributed by atoms with Crippen LogP contribution in [0.25, 0.3) is 0 Å². The van der Waals surface area contributed by atoms with E-state index in [0.29, 0.717) is 46.4 Å². The predicted molar refractivity (Wildman–Crippen MR) is 147 cm³/mol. The number of aromatic nitrogens is 3. The van der Waals surface area contributed by atoms with Crippen molar-refractivity contribution in [2.45, 2.75) is 51.4 Å². The maximum atomic E-state index is 13.4. The maximum absolute atomic E-state index is 13.4. The number of nitrogens with zero attached hydrogens (tertiary/aromatic N) is 3. The number of hydrogen-bond acceptors (Lipinski definition) is 7. The fourth-order valence-corrected chi connectivity index (χ4v) is 4.93. The number of esters is 1. The van der Waals surface area contributed by atoms with E-state index in [2.05, 4.69) is 33.2 Å². The average molecular weight is 592 g/mol. The van der Waals surface area contributed by atoms with E-state index in [4.69, 9.17) is 26.2 Å². The van der Waals surface area contributed by atoms with Crippen molar-refractivity contribution in [1.29, 1.82) is 0 Å². The number of hydrogen-bond donors (Lipinski definition) is 1. The van der Waals surface area contributed by atoms with Gasteiger partial charge >= 0.3 is 5.97 Å². The minimum Gasteiger partial charge on any atom is -0.489 e. The smallest absolute Gasteiger partial charge is 0.338 e. The topological polar surface area (TPSA) is 78.3 Å². The number of carbonyl (C=O) groups excluding carboxylic acids is 1. The molecule has 0 aliphatic carbocycles. The van der Waals surface area contributed by atoms with Crippen LogP contribution in [0.5, 0.6) is 5.75 Å². The second-order valence-corrected chi connectivity index (χ2v) is 10.8. The van der Waals surface area contributed by atoms with E-state index < -0.39 is 6.04 Å². The molecule has 0 fully saturated rings. The van der Waals surface area contributed by atoms with Gasteiger partial charge in [-0.25, -0.2) is 9.48 Å². The zero-order valence-electron chi connectivity index (χ0n) is 20.4. The quantitative estimate of drug-likeness (QED) is 0.154. The first kappa shape index (κ1) is 26.6. The van der Waals surface area contributed by atoms with Crippen molar-refractivity contribution in [3.63, 3.8) is 0 Å². The van der Waals surface area contributed by atoms with Crippen LogP contribution in [0, 0.1) is 0 Å². The summed E-state index contributed by atoms with van der Waals surface area (Å²) in [5.41, 5.74) is 2.91. The fourth-order valence-electron chi connectivity index (χ4n) is 3.87. The summed E-state index contributed by atoms with van der Waals surface area (Å²) < 4.78 is 14.5. The molecule has 1 aliphatic heterocycles. The Hall–Kier alpha value is -2.49. The van der Waals surface area contributed by atoms with Crippen LogP contribution in [-0.2, 0) is 16.1 Å². The Bertz CT molecular complexity index is 1260. The Labute approximate surface area is 228 Å². The van der Waals surface area contributed by atoms with Crippen molar-refractivity contribution in [2.24, 2.45) is 0 Å². The molecule has 1 unspecified atom stereocenters. The molecule has 10 heteroatoms. The van der Waals surface area contributed by atoms with Crippen LogP contribution in [0.15, 0.2) is 63.4 Å². The molecule has 7 nitrogen and oxygen atoms in total. The van der Waals surface area contributed by atoms with Gasteiger partial charge in [0.15, 0.2) is 0 Å². The van der Waals surface area contributed by atoms with Crippen molar-refractivity contribution in [3.05, 3.63) is 74.4 Å². The second-order valence-electron chi connectivity index (χ2n) is 8.25. The standard InChI is InChI=1S/C26H28BrClN4O3S/c1-4-6-13-34-24(33)22-16(3)29-25-30-26(36-5-2)31-32(25)23(22)20-14-18(27)9-12-21(20)35-15-17-7-10-19(28)11-8-17/h7-12,14,23H,4-6,13,15H2,1-3H3,(H,29,30,31). The number of carbonyl (C=O) groups is 1. The van der Waals surface area contributed by atoms with Crippen molar-refractivity contribution < 1.29 is 14.3 Å². The Morgan fingerprint density at radius 1 is 1.22 bits per heavy atom. The lowest BCUT2D eigenvalue weighted by Crippen LogP contribution is -2.30. The highest BCUT2D eigenvalue weighted by molar-refractivity contribution is 9.10. The van der Waals surface area contributed by atoms with Gasteiger partial charge in [0.1, 0.15) is 18.4 Å². The van der Waals surface area contributed by atoms with E-state index >= 15 is 0 Å². The van der Waals surface area contributed by atoms with Gasteiger partial charge in [-0.1, -0.05) is 71.7 Å². The van der Waals surface area contributed by atoms with Gasteiger partial charge in [-0.2, -0.15) is 4.98 Å². The number of ether oxygens (including phenoxy) is 2. The normalized spacial score (nSPS) is 14.9. The lowest BCUT2D eigenvalue weighted by atomic mass is 9.95. The molecular weight excluding hydrogens is 564 g/mol. The van der Waals surface area contributed by atoms with E-state index in [1.807, 2.05) is 56.3 Å². The monoisotopic (exact) mass is 590 g/mol. The number of rotatable bonds is 10. The van der Waals surface area contributed by atoms with Gasteiger partial charge in [0, 0.05) is 20.8 Å². The summed E-state index contributed by atoms with van der Waals surface area (Å²) in [6.07, 6.45) is 1.74. The third-order valence-electron chi connectivity index (χ3n) is 5.63. The highest BCUT2D eigenvalue weighted by Gasteiger charge is 2.37. The number of halogens is 2. The van der Waals surface area contributed by atoms with Crippen molar-refractivity contribution in [1.82, 2.24) is 14.8 Å². The second kappa shape index (κ2) is 12.2. The SMILES string of the molecule is CCCCOC(=O)C1=C(C)Nc2nc(SCC)nn2C1c1cc(Br)ccc1OCc1ccc(Cl)cc1. The predicted octanol–water partition coefficient (Wildman–Crippen LogP) is 7.02. The molecule has 2 heterocycles. The molecule has 0 radical (unpaired) electrons. The van der Waals surface area contributed by atoms with Crippen LogP contribution in [-0.4, -0.2) is 33.1 Å². The molecule has 1 aliphatic rings. The summed E-state index contributed by atoms with van der Waals surface area (Å²) in [7, 11) is 0. The Morgan fingerprint density at radius 3 is 2.72 bits per heavy atom. The number of unbranched alkanes of at least 4 members (excludes halogenated alkanes) is 1. The first-order valence-corrected chi connectivity index (χ1v) is 14.0. The highest BCUT2D eigenvalue weighted by atomic mass is 79.9. The molecular formula is C26H28BrClN4O3S. The lowest BCUT2D eigenvalue weighted by molar-refractivity contribution is -0.139. The van der Waals surface area contributed by atoms with Crippen molar-refractivity contribution in [3.8, 4) is 5.75 Å². The minimum absolute atomic E-state index is 0.344.